The highest BCUT2D eigenvalue weighted by molar-refractivity contribution is 6.30. The Morgan fingerprint density at radius 1 is 1.25 bits per heavy atom. The summed E-state index contributed by atoms with van der Waals surface area (Å²) in [5.74, 6) is -0.868. The zero-order chi connectivity index (χ0) is 20.3. The van der Waals surface area contributed by atoms with Gasteiger partial charge in [-0.05, 0) is 42.8 Å². The fourth-order valence-corrected chi connectivity index (χ4v) is 2.84. The lowest BCUT2D eigenvalue weighted by atomic mass is 10.1. The molecule has 144 valence electrons. The van der Waals surface area contributed by atoms with E-state index in [1.807, 2.05) is 18.2 Å². The van der Waals surface area contributed by atoms with Crippen molar-refractivity contribution in [2.75, 3.05) is 7.11 Å². The molecule has 0 spiro atoms. The van der Waals surface area contributed by atoms with Gasteiger partial charge in [0.1, 0.15) is 0 Å². The second-order valence-electron chi connectivity index (χ2n) is 6.11. The van der Waals surface area contributed by atoms with Gasteiger partial charge in [0.25, 0.3) is 0 Å². The lowest BCUT2D eigenvalue weighted by molar-refractivity contribution is 0.386. The van der Waals surface area contributed by atoms with Gasteiger partial charge in [0.15, 0.2) is 17.3 Å². The summed E-state index contributed by atoms with van der Waals surface area (Å²) in [5, 5.41) is 15.2. The number of rotatable bonds is 5. The molecule has 2 aromatic carbocycles. The third-order valence-electron chi connectivity index (χ3n) is 4.25. The molecule has 28 heavy (non-hydrogen) atoms. The van der Waals surface area contributed by atoms with Crippen molar-refractivity contribution >= 4 is 17.7 Å². The molecule has 1 heterocycles. The molecule has 0 atom stereocenters. The maximum atomic E-state index is 14.1. The summed E-state index contributed by atoms with van der Waals surface area (Å²) in [4.78, 5) is 12.3. The molecule has 0 aliphatic carbocycles. The molecule has 0 bridgehead atoms. The van der Waals surface area contributed by atoms with E-state index >= 15 is 0 Å². The Morgan fingerprint density at radius 3 is 2.61 bits per heavy atom. The molecule has 0 saturated carbocycles. The Morgan fingerprint density at radius 2 is 1.96 bits per heavy atom. The molecule has 5 nitrogen and oxygen atoms in total. The van der Waals surface area contributed by atoms with Crippen LogP contribution in [-0.4, -0.2) is 22.0 Å². The fourth-order valence-electron chi connectivity index (χ4n) is 2.71. The van der Waals surface area contributed by atoms with E-state index in [9.17, 15) is 14.3 Å². The molecular weight excluding hydrogens is 383 g/mol. The van der Waals surface area contributed by atoms with Crippen molar-refractivity contribution in [2.45, 2.75) is 13.5 Å². The number of aromatic nitrogens is 2. The first-order valence-electron chi connectivity index (χ1n) is 8.47. The van der Waals surface area contributed by atoms with Crippen LogP contribution in [0.4, 0.5) is 4.39 Å². The van der Waals surface area contributed by atoms with E-state index in [1.165, 1.54) is 19.2 Å². The van der Waals surface area contributed by atoms with Crippen molar-refractivity contribution in [1.29, 1.82) is 0 Å². The van der Waals surface area contributed by atoms with E-state index in [4.69, 9.17) is 16.3 Å². The summed E-state index contributed by atoms with van der Waals surface area (Å²) in [6, 6.07) is 11.6. The third-order valence-corrected chi connectivity index (χ3v) is 4.50. The summed E-state index contributed by atoms with van der Waals surface area (Å²) in [6.45, 7) is 1.70. The van der Waals surface area contributed by atoms with E-state index in [1.54, 1.807) is 31.2 Å². The second kappa shape index (κ2) is 8.27. The fraction of sp³-hybridized carbons (Fsp3) is 0.143. The van der Waals surface area contributed by atoms with Crippen LogP contribution in [0, 0.1) is 12.7 Å². The first-order chi connectivity index (χ1) is 13.4. The lowest BCUT2D eigenvalue weighted by Crippen LogP contribution is -2.23. The van der Waals surface area contributed by atoms with Crippen molar-refractivity contribution in [3.63, 3.8) is 0 Å². The first kappa shape index (κ1) is 19.6. The van der Waals surface area contributed by atoms with E-state index in [0.717, 1.165) is 10.2 Å². The van der Waals surface area contributed by atoms with Crippen molar-refractivity contribution < 1.29 is 14.2 Å². The van der Waals surface area contributed by atoms with Crippen LogP contribution in [0.5, 0.6) is 11.5 Å². The Hall–Kier alpha value is -3.12. The molecule has 3 aromatic rings. The average Bonchev–Trinajstić information content (AvgIpc) is 2.69. The SMILES string of the molecule is COc1ccc(-c2nn(CC=Cc3ccc(Cl)cc3)c(=O)c(O)c2C)cc1F. The number of ether oxygens (including phenoxy) is 1. The molecule has 7 heteroatoms. The smallest absolute Gasteiger partial charge is 0.309 e. The normalized spacial score (nSPS) is 11.1. The Balaban J connectivity index is 1.95. The predicted octanol–water partition coefficient (Wildman–Crippen LogP) is 4.44. The van der Waals surface area contributed by atoms with Crippen molar-refractivity contribution in [3.8, 4) is 22.8 Å². The van der Waals surface area contributed by atoms with Gasteiger partial charge in [-0.1, -0.05) is 35.9 Å². The molecule has 1 N–H and O–H groups in total. The van der Waals surface area contributed by atoms with Gasteiger partial charge < -0.3 is 9.84 Å². The minimum absolute atomic E-state index is 0.102. The van der Waals surface area contributed by atoms with Crippen LogP contribution >= 0.6 is 11.6 Å². The number of aromatic hydroxyl groups is 1. The van der Waals surface area contributed by atoms with E-state index < -0.39 is 17.1 Å². The molecule has 0 unspecified atom stereocenters. The van der Waals surface area contributed by atoms with Crippen LogP contribution in [0.3, 0.4) is 0 Å². The molecule has 0 radical (unpaired) electrons. The highest BCUT2D eigenvalue weighted by atomic mass is 35.5. The summed E-state index contributed by atoms with van der Waals surface area (Å²) in [6.07, 6.45) is 3.55. The summed E-state index contributed by atoms with van der Waals surface area (Å²) < 4.78 is 20.1. The molecular formula is C21H18ClFN2O3. The van der Waals surface area contributed by atoms with Gasteiger partial charge in [0.05, 0.1) is 19.3 Å². The highest BCUT2D eigenvalue weighted by Crippen LogP contribution is 2.28. The largest absolute Gasteiger partial charge is 0.503 e. The molecule has 0 fully saturated rings. The number of hydrogen-bond acceptors (Lipinski definition) is 4. The Kier molecular flexibility index (Phi) is 5.80. The number of methoxy groups -OCH3 is 1. The monoisotopic (exact) mass is 400 g/mol. The van der Waals surface area contributed by atoms with Gasteiger partial charge in [-0.3, -0.25) is 4.79 Å². The Bertz CT molecular complexity index is 1090. The van der Waals surface area contributed by atoms with Crippen molar-refractivity contribution in [1.82, 2.24) is 9.78 Å². The number of benzene rings is 2. The summed E-state index contributed by atoms with van der Waals surface area (Å²) in [7, 11) is 1.38. The number of allylic oxidation sites excluding steroid dienone is 1. The second-order valence-corrected chi connectivity index (χ2v) is 6.55. The quantitative estimate of drug-likeness (QED) is 0.687. The molecule has 1 aromatic heterocycles. The van der Waals surface area contributed by atoms with Gasteiger partial charge in [-0.15, -0.1) is 0 Å². The van der Waals surface area contributed by atoms with Crippen LogP contribution in [-0.2, 0) is 6.54 Å². The highest BCUT2D eigenvalue weighted by Gasteiger charge is 2.16. The molecule has 0 aliphatic rings. The zero-order valence-corrected chi connectivity index (χ0v) is 16.1. The van der Waals surface area contributed by atoms with Crippen LogP contribution in [0.15, 0.2) is 53.3 Å². The minimum Gasteiger partial charge on any atom is -0.503 e. The maximum Gasteiger partial charge on any atom is 0.309 e. The first-order valence-corrected chi connectivity index (χ1v) is 8.85. The van der Waals surface area contributed by atoms with Gasteiger partial charge in [-0.2, -0.15) is 5.10 Å². The van der Waals surface area contributed by atoms with Gasteiger partial charge in [0.2, 0.25) is 0 Å². The van der Waals surface area contributed by atoms with Crippen LogP contribution in [0.25, 0.3) is 17.3 Å². The van der Waals surface area contributed by atoms with Crippen LogP contribution < -0.4 is 10.3 Å². The van der Waals surface area contributed by atoms with Crippen molar-refractivity contribution in [2.24, 2.45) is 0 Å². The standard InChI is InChI=1S/C21H18ClFN2O3/c1-13-19(15-7-10-18(28-2)17(23)12-15)24-25(21(27)20(13)26)11-3-4-14-5-8-16(22)9-6-14/h3-10,12,26H,11H2,1-2H3. The van der Waals surface area contributed by atoms with Gasteiger partial charge >= 0.3 is 5.56 Å². The van der Waals surface area contributed by atoms with Crippen molar-refractivity contribution in [3.05, 3.63) is 80.9 Å². The number of nitrogens with zero attached hydrogens (tertiary/aromatic N) is 2. The van der Waals surface area contributed by atoms with Crippen LogP contribution in [0.1, 0.15) is 11.1 Å². The Labute approximate surface area is 166 Å². The molecule has 0 aliphatic heterocycles. The predicted molar refractivity (Wildman–Crippen MR) is 107 cm³/mol. The average molecular weight is 401 g/mol. The van der Waals surface area contributed by atoms with E-state index in [-0.39, 0.29) is 17.9 Å². The third kappa shape index (κ3) is 4.07. The molecule has 3 rings (SSSR count). The number of halogens is 2. The molecule has 0 saturated heterocycles. The topological polar surface area (TPSA) is 64.4 Å². The maximum absolute atomic E-state index is 14.1. The summed E-state index contributed by atoms with van der Waals surface area (Å²) >= 11 is 5.86. The van der Waals surface area contributed by atoms with Gasteiger partial charge in [-0.25, -0.2) is 9.07 Å². The molecule has 0 amide bonds. The van der Waals surface area contributed by atoms with E-state index in [0.29, 0.717) is 16.3 Å². The lowest BCUT2D eigenvalue weighted by Gasteiger charge is -2.11. The zero-order valence-electron chi connectivity index (χ0n) is 15.3. The van der Waals surface area contributed by atoms with Crippen LogP contribution in [0.2, 0.25) is 5.02 Å². The summed E-state index contributed by atoms with van der Waals surface area (Å²) in [5.41, 5.74) is 1.33. The number of hydrogen-bond donors (Lipinski definition) is 1. The minimum atomic E-state index is -0.615. The van der Waals surface area contributed by atoms with E-state index in [2.05, 4.69) is 5.10 Å². The van der Waals surface area contributed by atoms with Gasteiger partial charge in [0, 0.05) is 16.1 Å².